The van der Waals surface area contributed by atoms with Crippen molar-refractivity contribution in [2.24, 2.45) is 0 Å². The van der Waals surface area contributed by atoms with Gasteiger partial charge in [-0.05, 0) is 31.4 Å². The van der Waals surface area contributed by atoms with Crippen molar-refractivity contribution in [1.82, 2.24) is 10.3 Å². The van der Waals surface area contributed by atoms with E-state index in [1.807, 2.05) is 27.7 Å². The van der Waals surface area contributed by atoms with Gasteiger partial charge in [-0.25, -0.2) is 4.98 Å². The summed E-state index contributed by atoms with van der Waals surface area (Å²) in [6.45, 7) is 8.05. The monoisotopic (exact) mass is 254 g/mol. The molecular weight excluding hydrogens is 236 g/mol. The Bertz CT molecular complexity index is 404. The van der Waals surface area contributed by atoms with E-state index in [0.29, 0.717) is 10.7 Å². The van der Waals surface area contributed by atoms with Crippen LogP contribution in [0.2, 0.25) is 5.15 Å². The fourth-order valence-corrected chi connectivity index (χ4v) is 1.57. The van der Waals surface area contributed by atoms with Crippen molar-refractivity contribution in [2.45, 2.75) is 46.1 Å². The van der Waals surface area contributed by atoms with Gasteiger partial charge in [0.25, 0.3) is 5.91 Å². The molecule has 1 aromatic heterocycles. The zero-order valence-electron chi connectivity index (χ0n) is 10.7. The van der Waals surface area contributed by atoms with Crippen LogP contribution in [-0.4, -0.2) is 16.9 Å². The second-order valence-electron chi connectivity index (χ2n) is 4.54. The molecular formula is C13H19ClN2O. The molecule has 0 saturated carbocycles. The first-order chi connectivity index (χ1) is 7.93. The van der Waals surface area contributed by atoms with Crippen molar-refractivity contribution >= 4 is 17.5 Å². The lowest BCUT2D eigenvalue weighted by Gasteiger charge is -2.13. The van der Waals surface area contributed by atoms with Crippen LogP contribution in [0.3, 0.4) is 0 Å². The summed E-state index contributed by atoms with van der Waals surface area (Å²) < 4.78 is 0. The lowest BCUT2D eigenvalue weighted by atomic mass is 10.1. The van der Waals surface area contributed by atoms with E-state index in [-0.39, 0.29) is 17.9 Å². The summed E-state index contributed by atoms with van der Waals surface area (Å²) in [6.07, 6.45) is 0.904. The number of pyridine rings is 1. The normalized spacial score (nSPS) is 12.6. The molecule has 1 amide bonds. The van der Waals surface area contributed by atoms with E-state index in [1.165, 1.54) is 0 Å². The summed E-state index contributed by atoms with van der Waals surface area (Å²) in [5.74, 6) is 0.161. The van der Waals surface area contributed by atoms with Crippen molar-refractivity contribution in [2.75, 3.05) is 0 Å². The molecule has 94 valence electrons. The average Bonchev–Trinajstić information content (AvgIpc) is 2.27. The quantitative estimate of drug-likeness (QED) is 0.837. The molecule has 0 aliphatic heterocycles. The number of carbonyl (C=O) groups excluding carboxylic acids is 1. The summed E-state index contributed by atoms with van der Waals surface area (Å²) >= 11 is 5.92. The summed E-state index contributed by atoms with van der Waals surface area (Å²) in [5, 5.41) is 3.28. The predicted octanol–water partition coefficient (Wildman–Crippen LogP) is 3.39. The number of amides is 1. The molecule has 0 saturated heterocycles. The van der Waals surface area contributed by atoms with Crippen molar-refractivity contribution < 1.29 is 4.79 Å². The second-order valence-corrected chi connectivity index (χ2v) is 4.93. The maximum absolute atomic E-state index is 11.9. The molecule has 1 N–H and O–H groups in total. The minimum absolute atomic E-state index is 0.0921. The maximum atomic E-state index is 11.9. The first-order valence-electron chi connectivity index (χ1n) is 5.92. The van der Waals surface area contributed by atoms with Gasteiger partial charge in [0.15, 0.2) is 0 Å². The van der Waals surface area contributed by atoms with E-state index in [9.17, 15) is 4.79 Å². The van der Waals surface area contributed by atoms with E-state index < -0.39 is 0 Å². The van der Waals surface area contributed by atoms with Gasteiger partial charge >= 0.3 is 0 Å². The fourth-order valence-electron chi connectivity index (χ4n) is 1.35. The number of halogens is 1. The number of hydrogen-bond donors (Lipinski definition) is 1. The van der Waals surface area contributed by atoms with E-state index in [0.717, 1.165) is 12.1 Å². The maximum Gasteiger partial charge on any atom is 0.251 e. The molecule has 17 heavy (non-hydrogen) atoms. The number of hydrogen-bond acceptors (Lipinski definition) is 2. The van der Waals surface area contributed by atoms with E-state index in [4.69, 9.17) is 11.6 Å². The van der Waals surface area contributed by atoms with E-state index in [2.05, 4.69) is 10.3 Å². The van der Waals surface area contributed by atoms with Gasteiger partial charge in [0, 0.05) is 17.3 Å². The van der Waals surface area contributed by atoms with Crippen LogP contribution in [0.15, 0.2) is 12.1 Å². The predicted molar refractivity (Wildman–Crippen MR) is 70.6 cm³/mol. The molecule has 0 aliphatic rings. The first-order valence-corrected chi connectivity index (χ1v) is 6.30. The fraction of sp³-hybridized carbons (Fsp3) is 0.538. The molecule has 1 unspecified atom stereocenters. The lowest BCUT2D eigenvalue weighted by Crippen LogP contribution is -2.32. The lowest BCUT2D eigenvalue weighted by molar-refractivity contribution is 0.0939. The van der Waals surface area contributed by atoms with Gasteiger partial charge in [-0.2, -0.15) is 0 Å². The van der Waals surface area contributed by atoms with Crippen LogP contribution < -0.4 is 5.32 Å². The van der Waals surface area contributed by atoms with Crippen molar-refractivity contribution in [1.29, 1.82) is 0 Å². The Kier molecular flexibility index (Phi) is 4.94. The van der Waals surface area contributed by atoms with Crippen molar-refractivity contribution in [3.63, 3.8) is 0 Å². The molecule has 1 heterocycles. The Morgan fingerprint density at radius 3 is 2.59 bits per heavy atom. The first kappa shape index (κ1) is 14.0. The SMILES string of the molecule is CCC(C)NC(=O)c1cc(Cl)nc(C(C)C)c1. The number of nitrogens with zero attached hydrogens (tertiary/aromatic N) is 1. The van der Waals surface area contributed by atoms with Gasteiger partial charge in [0.05, 0.1) is 0 Å². The molecule has 0 aliphatic carbocycles. The summed E-state index contributed by atoms with van der Waals surface area (Å²) in [6, 6.07) is 3.57. The van der Waals surface area contributed by atoms with Crippen LogP contribution in [0.5, 0.6) is 0 Å². The highest BCUT2D eigenvalue weighted by atomic mass is 35.5. The Labute approximate surface area is 108 Å². The molecule has 4 heteroatoms. The van der Waals surface area contributed by atoms with Crippen LogP contribution in [-0.2, 0) is 0 Å². The third kappa shape index (κ3) is 4.00. The molecule has 0 fully saturated rings. The van der Waals surface area contributed by atoms with Crippen LogP contribution in [0.4, 0.5) is 0 Å². The van der Waals surface area contributed by atoms with Gasteiger partial charge in [0.2, 0.25) is 0 Å². The summed E-state index contributed by atoms with van der Waals surface area (Å²) in [4.78, 5) is 16.1. The zero-order chi connectivity index (χ0) is 13.0. The Morgan fingerprint density at radius 2 is 2.06 bits per heavy atom. The summed E-state index contributed by atoms with van der Waals surface area (Å²) in [5.41, 5.74) is 1.42. The van der Waals surface area contributed by atoms with Gasteiger partial charge in [-0.15, -0.1) is 0 Å². The smallest absolute Gasteiger partial charge is 0.251 e. The van der Waals surface area contributed by atoms with Crippen molar-refractivity contribution in [3.05, 3.63) is 28.5 Å². The highest BCUT2D eigenvalue weighted by Crippen LogP contribution is 2.17. The van der Waals surface area contributed by atoms with E-state index in [1.54, 1.807) is 12.1 Å². The average molecular weight is 255 g/mol. The molecule has 0 radical (unpaired) electrons. The Balaban J connectivity index is 2.93. The zero-order valence-corrected chi connectivity index (χ0v) is 11.5. The van der Waals surface area contributed by atoms with Gasteiger partial charge < -0.3 is 5.32 Å². The summed E-state index contributed by atoms with van der Waals surface area (Å²) in [7, 11) is 0. The van der Waals surface area contributed by atoms with Crippen LogP contribution in [0.25, 0.3) is 0 Å². The Hall–Kier alpha value is -1.09. The largest absolute Gasteiger partial charge is 0.350 e. The molecule has 0 spiro atoms. The minimum atomic E-state index is -0.0921. The molecule has 1 atom stereocenters. The van der Waals surface area contributed by atoms with Crippen LogP contribution >= 0.6 is 11.6 Å². The standard InChI is InChI=1S/C13H19ClN2O/c1-5-9(4)15-13(17)10-6-11(8(2)3)16-12(14)7-10/h6-9H,5H2,1-4H3,(H,15,17). The molecule has 1 aromatic rings. The van der Waals surface area contributed by atoms with Gasteiger partial charge in [0.1, 0.15) is 5.15 Å². The highest BCUT2D eigenvalue weighted by molar-refractivity contribution is 6.29. The molecule has 1 rings (SSSR count). The topological polar surface area (TPSA) is 42.0 Å². The third-order valence-electron chi connectivity index (χ3n) is 2.66. The van der Waals surface area contributed by atoms with Gasteiger partial charge in [-0.1, -0.05) is 32.4 Å². The third-order valence-corrected chi connectivity index (χ3v) is 2.85. The number of nitrogens with one attached hydrogen (secondary N) is 1. The molecule has 3 nitrogen and oxygen atoms in total. The number of carbonyl (C=O) groups is 1. The van der Waals surface area contributed by atoms with Crippen LogP contribution in [0.1, 0.15) is 56.1 Å². The Morgan fingerprint density at radius 1 is 1.41 bits per heavy atom. The number of rotatable bonds is 4. The van der Waals surface area contributed by atoms with Crippen LogP contribution in [0, 0.1) is 0 Å². The molecule has 0 bridgehead atoms. The number of aromatic nitrogens is 1. The minimum Gasteiger partial charge on any atom is -0.350 e. The van der Waals surface area contributed by atoms with Crippen molar-refractivity contribution in [3.8, 4) is 0 Å². The van der Waals surface area contributed by atoms with E-state index >= 15 is 0 Å². The highest BCUT2D eigenvalue weighted by Gasteiger charge is 2.12. The second kappa shape index (κ2) is 6.01. The molecule has 0 aromatic carbocycles. The van der Waals surface area contributed by atoms with Gasteiger partial charge in [-0.3, -0.25) is 4.79 Å².